The number of carboxylic acid groups (broad SMARTS) is 1. The third-order valence-corrected chi connectivity index (χ3v) is 5.09. The van der Waals surface area contributed by atoms with E-state index in [-0.39, 0.29) is 15.5 Å². The fraction of sp³-hybridized carbons (Fsp3) is 0.462. The van der Waals surface area contributed by atoms with Crippen LogP contribution in [0, 0.1) is 16.0 Å². The molecule has 0 spiro atoms. The molecule has 1 aromatic rings. The average Bonchev–Trinajstić information content (AvgIpc) is 2.46. The van der Waals surface area contributed by atoms with Gasteiger partial charge in [-0.3, -0.25) is 14.9 Å². The molecule has 21 heavy (non-hydrogen) atoms. The predicted octanol–water partition coefficient (Wildman–Crippen LogP) is 2.67. The molecule has 2 atom stereocenters. The Labute approximate surface area is 135 Å². The summed E-state index contributed by atoms with van der Waals surface area (Å²) >= 11 is 2.12. The van der Waals surface area contributed by atoms with Crippen LogP contribution in [0.15, 0.2) is 18.2 Å². The fourth-order valence-electron chi connectivity index (χ4n) is 2.47. The van der Waals surface area contributed by atoms with Crippen molar-refractivity contribution in [3.05, 3.63) is 28.3 Å². The maximum atomic E-state index is 11.3. The van der Waals surface area contributed by atoms with Crippen molar-refractivity contribution in [1.29, 1.82) is 0 Å². The van der Waals surface area contributed by atoms with Gasteiger partial charge in [-0.15, -0.1) is 0 Å². The zero-order chi connectivity index (χ0) is 15.6. The monoisotopic (exact) mass is 406 g/mol. The van der Waals surface area contributed by atoms with Crippen LogP contribution in [0.25, 0.3) is 0 Å². The van der Waals surface area contributed by atoms with Crippen LogP contribution in [-0.4, -0.2) is 33.7 Å². The number of rotatable bonds is 4. The molecule has 8 heteroatoms. The van der Waals surface area contributed by atoms with E-state index in [1.807, 2.05) is 4.90 Å². The Kier molecular flexibility index (Phi) is 4.86. The van der Waals surface area contributed by atoms with Gasteiger partial charge in [0.25, 0.3) is 0 Å². The number of nitro benzene ring substituents is 1. The maximum absolute atomic E-state index is 11.3. The predicted molar refractivity (Wildman–Crippen MR) is 85.2 cm³/mol. The first kappa shape index (κ1) is 15.8. The molecule has 7 nitrogen and oxygen atoms in total. The minimum atomic E-state index is -0.812. The number of benzene rings is 1. The molecular formula is C13H15IN2O5. The Balaban J connectivity index is 2.33. The minimum Gasteiger partial charge on any atom is -0.490 e. The third-order valence-electron chi connectivity index (χ3n) is 3.55. The van der Waals surface area contributed by atoms with Gasteiger partial charge in [-0.2, -0.15) is 0 Å². The molecule has 114 valence electrons. The number of alkyl halides is 1. The largest absolute Gasteiger partial charge is 0.490 e. The van der Waals surface area contributed by atoms with Gasteiger partial charge in [-0.1, -0.05) is 22.6 Å². The molecule has 1 aliphatic heterocycles. The van der Waals surface area contributed by atoms with Crippen LogP contribution in [0.3, 0.4) is 0 Å². The average molecular weight is 406 g/mol. The van der Waals surface area contributed by atoms with E-state index in [0.29, 0.717) is 6.42 Å². The number of halogens is 1. The fourth-order valence-corrected chi connectivity index (χ4v) is 3.74. The Bertz CT molecular complexity index is 565. The molecule has 0 aromatic heterocycles. The van der Waals surface area contributed by atoms with Gasteiger partial charge in [0.2, 0.25) is 0 Å². The van der Waals surface area contributed by atoms with E-state index in [9.17, 15) is 20.0 Å². The van der Waals surface area contributed by atoms with E-state index in [4.69, 9.17) is 4.74 Å². The summed E-state index contributed by atoms with van der Waals surface area (Å²) in [5.41, 5.74) is 0.640. The number of nitrogens with zero attached hydrogens (tertiary/aromatic N) is 2. The molecule has 0 aliphatic carbocycles. The Morgan fingerprint density at radius 3 is 2.86 bits per heavy atom. The van der Waals surface area contributed by atoms with Crippen molar-refractivity contribution in [2.75, 3.05) is 18.6 Å². The maximum Gasteiger partial charge on any atom is 0.311 e. The van der Waals surface area contributed by atoms with Gasteiger partial charge in [0.1, 0.15) is 0 Å². The molecule has 0 bridgehead atoms. The highest BCUT2D eigenvalue weighted by Gasteiger charge is 2.34. The summed E-state index contributed by atoms with van der Waals surface area (Å²) in [6.07, 6.45) is 1.42. The molecule has 1 heterocycles. The van der Waals surface area contributed by atoms with E-state index in [2.05, 4.69) is 22.6 Å². The van der Waals surface area contributed by atoms with E-state index in [1.54, 1.807) is 12.1 Å². The summed E-state index contributed by atoms with van der Waals surface area (Å²) in [5, 5.41) is 20.2. The van der Waals surface area contributed by atoms with E-state index >= 15 is 0 Å². The number of carboxylic acids is 1. The molecule has 0 radical (unpaired) electrons. The molecule has 0 saturated carbocycles. The molecule has 0 amide bonds. The van der Waals surface area contributed by atoms with Gasteiger partial charge in [0.15, 0.2) is 5.75 Å². The lowest BCUT2D eigenvalue weighted by molar-refractivity contribution is -0.385. The second-order valence-electron chi connectivity index (χ2n) is 4.77. The van der Waals surface area contributed by atoms with Crippen LogP contribution in [-0.2, 0) is 4.79 Å². The van der Waals surface area contributed by atoms with Crippen molar-refractivity contribution in [1.82, 2.24) is 0 Å². The summed E-state index contributed by atoms with van der Waals surface area (Å²) < 4.78 is 4.87. The first-order valence-corrected chi connectivity index (χ1v) is 7.66. The highest BCUT2D eigenvalue weighted by atomic mass is 127. The van der Waals surface area contributed by atoms with Gasteiger partial charge >= 0.3 is 11.7 Å². The molecule has 1 N–H and O–H groups in total. The molecule has 2 unspecified atom stereocenters. The van der Waals surface area contributed by atoms with Gasteiger partial charge in [0.05, 0.1) is 22.0 Å². The summed E-state index contributed by atoms with van der Waals surface area (Å²) in [5.74, 6) is -1.08. The van der Waals surface area contributed by atoms with Crippen LogP contribution in [0.4, 0.5) is 11.4 Å². The molecule has 1 aromatic carbocycles. The summed E-state index contributed by atoms with van der Waals surface area (Å²) in [4.78, 5) is 23.6. The van der Waals surface area contributed by atoms with Crippen LogP contribution >= 0.6 is 22.6 Å². The summed E-state index contributed by atoms with van der Waals surface area (Å²) in [6, 6.07) is 4.62. The van der Waals surface area contributed by atoms with Crippen molar-refractivity contribution in [3.63, 3.8) is 0 Å². The molecular weight excluding hydrogens is 391 g/mol. The first-order valence-electron chi connectivity index (χ1n) is 6.41. The number of piperidine rings is 1. The molecule has 1 fully saturated rings. The summed E-state index contributed by atoms with van der Waals surface area (Å²) in [6.45, 7) is 0.721. The van der Waals surface area contributed by atoms with Crippen LogP contribution in [0.5, 0.6) is 5.75 Å². The highest BCUT2D eigenvalue weighted by Crippen LogP contribution is 2.37. The standard InChI is InChI=1S/C13H15IN2O5/c1-21-11-7-8(4-5-10(11)16(19)20)15-6-2-3-9(12(15)14)13(17)18/h4-5,7,9,12H,2-3,6H2,1H3,(H,17,18). The molecule has 2 rings (SSSR count). The third kappa shape index (κ3) is 3.20. The van der Waals surface area contributed by atoms with Gasteiger partial charge < -0.3 is 14.7 Å². The van der Waals surface area contributed by atoms with Crippen LogP contribution in [0.1, 0.15) is 12.8 Å². The lowest BCUT2D eigenvalue weighted by Crippen LogP contribution is -2.44. The molecule has 1 aliphatic rings. The second kappa shape index (κ2) is 6.46. The zero-order valence-corrected chi connectivity index (χ0v) is 13.5. The normalized spacial score (nSPS) is 21.9. The Morgan fingerprint density at radius 2 is 2.29 bits per heavy atom. The number of methoxy groups -OCH3 is 1. The van der Waals surface area contributed by atoms with Crippen molar-refractivity contribution in [2.45, 2.75) is 16.9 Å². The quantitative estimate of drug-likeness (QED) is 0.272. The van der Waals surface area contributed by atoms with Gasteiger partial charge in [-0.05, 0) is 18.9 Å². The second-order valence-corrected chi connectivity index (χ2v) is 6.04. The smallest absolute Gasteiger partial charge is 0.311 e. The van der Waals surface area contributed by atoms with Crippen molar-refractivity contribution in [3.8, 4) is 5.75 Å². The zero-order valence-electron chi connectivity index (χ0n) is 11.4. The lowest BCUT2D eigenvalue weighted by Gasteiger charge is -2.37. The minimum absolute atomic E-state index is 0.0990. The van der Waals surface area contributed by atoms with Crippen molar-refractivity contribution in [2.24, 2.45) is 5.92 Å². The van der Waals surface area contributed by atoms with Crippen LogP contribution < -0.4 is 9.64 Å². The number of aliphatic carboxylic acids is 1. The van der Waals surface area contributed by atoms with E-state index in [1.165, 1.54) is 13.2 Å². The lowest BCUT2D eigenvalue weighted by atomic mass is 9.97. The van der Waals surface area contributed by atoms with Crippen molar-refractivity contribution < 1.29 is 19.6 Å². The Morgan fingerprint density at radius 1 is 1.57 bits per heavy atom. The first-order chi connectivity index (χ1) is 9.95. The number of carbonyl (C=O) groups is 1. The summed E-state index contributed by atoms with van der Waals surface area (Å²) in [7, 11) is 1.38. The molecule has 1 saturated heterocycles. The van der Waals surface area contributed by atoms with E-state index < -0.39 is 16.8 Å². The van der Waals surface area contributed by atoms with E-state index in [0.717, 1.165) is 18.7 Å². The number of ether oxygens (including phenoxy) is 1. The Hall–Kier alpha value is -1.58. The highest BCUT2D eigenvalue weighted by molar-refractivity contribution is 14.1. The number of anilines is 1. The van der Waals surface area contributed by atoms with Crippen LogP contribution in [0.2, 0.25) is 0 Å². The van der Waals surface area contributed by atoms with Crippen molar-refractivity contribution >= 4 is 39.9 Å². The number of hydrogen-bond acceptors (Lipinski definition) is 5. The van der Waals surface area contributed by atoms with Gasteiger partial charge in [0, 0.05) is 24.4 Å². The SMILES string of the molecule is COc1cc(N2CCCC(C(=O)O)C2I)ccc1[N+](=O)[O-]. The number of hydrogen-bond donors (Lipinski definition) is 1. The van der Waals surface area contributed by atoms with Gasteiger partial charge in [-0.25, -0.2) is 0 Å². The topological polar surface area (TPSA) is 92.9 Å². The number of nitro groups is 1.